The Labute approximate surface area is 107 Å². The van der Waals surface area contributed by atoms with Crippen LogP contribution < -0.4 is 4.90 Å². The summed E-state index contributed by atoms with van der Waals surface area (Å²) < 4.78 is 38.1. The number of hydrogen-bond acceptors (Lipinski definition) is 2. The van der Waals surface area contributed by atoms with Crippen LogP contribution in [0.5, 0.6) is 0 Å². The number of carboxylic acids is 1. The van der Waals surface area contributed by atoms with E-state index in [4.69, 9.17) is 5.11 Å². The lowest BCUT2D eigenvalue weighted by Gasteiger charge is -2.26. The van der Waals surface area contributed by atoms with Gasteiger partial charge in [0.05, 0.1) is 11.1 Å². The highest BCUT2D eigenvalue weighted by Gasteiger charge is 2.39. The van der Waals surface area contributed by atoms with E-state index in [1.54, 1.807) is 30.3 Å². The molecule has 0 saturated heterocycles. The van der Waals surface area contributed by atoms with E-state index in [-0.39, 0.29) is 6.54 Å². The van der Waals surface area contributed by atoms with Gasteiger partial charge in [-0.1, -0.05) is 24.3 Å². The lowest BCUT2D eigenvalue weighted by molar-refractivity contribution is -0.134. The zero-order chi connectivity index (χ0) is 14.0. The topological polar surface area (TPSA) is 40.5 Å². The predicted molar refractivity (Wildman–Crippen MR) is 63.6 cm³/mol. The highest BCUT2D eigenvalue weighted by molar-refractivity contribution is 5.93. The minimum atomic E-state index is -4.66. The lowest BCUT2D eigenvalue weighted by Crippen LogP contribution is -2.28. The molecule has 1 aromatic rings. The highest BCUT2D eigenvalue weighted by Crippen LogP contribution is 2.34. The van der Waals surface area contributed by atoms with Gasteiger partial charge >= 0.3 is 12.1 Å². The minimum absolute atomic E-state index is 0.0182. The van der Waals surface area contributed by atoms with Gasteiger partial charge in [-0.05, 0) is 12.1 Å². The van der Waals surface area contributed by atoms with Crippen molar-refractivity contribution in [2.24, 2.45) is 0 Å². The first kappa shape index (κ1) is 13.2. The molecule has 0 amide bonds. The number of carbonyl (C=O) groups is 1. The molecule has 0 bridgehead atoms. The number of benzene rings is 1. The van der Waals surface area contributed by atoms with Crippen LogP contribution in [0.1, 0.15) is 0 Å². The smallest absolute Gasteiger partial charge is 0.417 e. The minimum Gasteiger partial charge on any atom is -0.478 e. The maximum atomic E-state index is 12.7. The molecular formula is C13H10F3NO2. The number of halogens is 3. The van der Waals surface area contributed by atoms with E-state index in [2.05, 4.69) is 0 Å². The molecule has 1 N–H and O–H groups in total. The number of carboxylic acid groups (broad SMARTS) is 1. The van der Waals surface area contributed by atoms with Gasteiger partial charge in [-0.15, -0.1) is 0 Å². The fourth-order valence-corrected chi connectivity index (χ4v) is 1.82. The van der Waals surface area contributed by atoms with Crippen molar-refractivity contribution in [1.29, 1.82) is 0 Å². The third-order valence-electron chi connectivity index (χ3n) is 2.69. The van der Waals surface area contributed by atoms with Gasteiger partial charge in [-0.2, -0.15) is 13.2 Å². The van der Waals surface area contributed by atoms with E-state index in [1.807, 2.05) is 0 Å². The summed E-state index contributed by atoms with van der Waals surface area (Å²) in [5, 5.41) is 8.90. The van der Waals surface area contributed by atoms with E-state index >= 15 is 0 Å². The highest BCUT2D eigenvalue weighted by atomic mass is 19.4. The second-order valence-corrected chi connectivity index (χ2v) is 3.95. The fraction of sp³-hybridized carbons (Fsp3) is 0.154. The molecule has 1 heterocycles. The lowest BCUT2D eigenvalue weighted by atomic mass is 10.0. The third kappa shape index (κ3) is 2.78. The van der Waals surface area contributed by atoms with E-state index in [9.17, 15) is 18.0 Å². The summed E-state index contributed by atoms with van der Waals surface area (Å²) in [6, 6.07) is 8.62. The van der Waals surface area contributed by atoms with Gasteiger partial charge in [0.25, 0.3) is 0 Å². The van der Waals surface area contributed by atoms with Gasteiger partial charge < -0.3 is 10.0 Å². The zero-order valence-corrected chi connectivity index (χ0v) is 9.69. The van der Waals surface area contributed by atoms with Crippen molar-refractivity contribution in [2.75, 3.05) is 11.4 Å². The summed E-state index contributed by atoms with van der Waals surface area (Å²) in [5.41, 5.74) is -1.21. The molecule has 0 aliphatic carbocycles. The molecule has 0 aromatic heterocycles. The Balaban J connectivity index is 2.37. The first-order chi connectivity index (χ1) is 8.89. The molecule has 1 aliphatic rings. The molecule has 1 aromatic carbocycles. The van der Waals surface area contributed by atoms with Crippen molar-refractivity contribution < 1.29 is 23.1 Å². The van der Waals surface area contributed by atoms with Gasteiger partial charge in [-0.25, -0.2) is 4.79 Å². The summed E-state index contributed by atoms with van der Waals surface area (Å²) in [5.74, 6) is -1.59. The van der Waals surface area contributed by atoms with Gasteiger partial charge in [0, 0.05) is 18.4 Å². The number of rotatable bonds is 2. The van der Waals surface area contributed by atoms with Crippen molar-refractivity contribution in [3.8, 4) is 0 Å². The average Bonchev–Trinajstić information content (AvgIpc) is 2.38. The van der Waals surface area contributed by atoms with Gasteiger partial charge in [0.2, 0.25) is 0 Å². The van der Waals surface area contributed by atoms with Crippen LogP contribution in [-0.2, 0) is 4.79 Å². The number of anilines is 1. The first-order valence-corrected chi connectivity index (χ1v) is 5.44. The number of aliphatic carboxylic acids is 1. The summed E-state index contributed by atoms with van der Waals surface area (Å²) in [6.45, 7) is -0.0182. The average molecular weight is 269 g/mol. The summed E-state index contributed by atoms with van der Waals surface area (Å²) in [6.07, 6.45) is -2.76. The molecule has 19 heavy (non-hydrogen) atoms. The van der Waals surface area contributed by atoms with Crippen LogP contribution in [0.15, 0.2) is 53.8 Å². The maximum Gasteiger partial charge on any atom is 0.417 e. The number of alkyl halides is 3. The van der Waals surface area contributed by atoms with Crippen LogP contribution in [0.2, 0.25) is 0 Å². The Morgan fingerprint density at radius 2 is 1.84 bits per heavy atom. The summed E-state index contributed by atoms with van der Waals surface area (Å²) in [7, 11) is 0. The second-order valence-electron chi connectivity index (χ2n) is 3.95. The predicted octanol–water partition coefficient (Wildman–Crippen LogP) is 2.96. The van der Waals surface area contributed by atoms with Gasteiger partial charge in [-0.3, -0.25) is 0 Å². The zero-order valence-electron chi connectivity index (χ0n) is 9.69. The molecular weight excluding hydrogens is 259 g/mol. The van der Waals surface area contributed by atoms with Crippen LogP contribution in [0.25, 0.3) is 0 Å². The van der Waals surface area contributed by atoms with Gasteiger partial charge in [0.1, 0.15) is 0 Å². The van der Waals surface area contributed by atoms with Crippen LogP contribution >= 0.6 is 0 Å². The maximum absolute atomic E-state index is 12.7. The Bertz CT molecular complexity index is 547. The molecule has 2 rings (SSSR count). The Hall–Kier alpha value is -2.24. The van der Waals surface area contributed by atoms with E-state index in [0.717, 1.165) is 12.3 Å². The van der Waals surface area contributed by atoms with Crippen molar-refractivity contribution in [3.05, 3.63) is 53.8 Å². The third-order valence-corrected chi connectivity index (χ3v) is 2.69. The van der Waals surface area contributed by atoms with Crippen molar-refractivity contribution in [1.82, 2.24) is 0 Å². The molecule has 0 atom stereocenters. The van der Waals surface area contributed by atoms with Crippen molar-refractivity contribution >= 4 is 11.7 Å². The number of hydrogen-bond donors (Lipinski definition) is 1. The van der Waals surface area contributed by atoms with E-state index in [1.165, 1.54) is 4.90 Å². The molecule has 0 radical (unpaired) electrons. The number of nitrogens with zero attached hydrogens (tertiary/aromatic N) is 1. The Morgan fingerprint density at radius 1 is 1.21 bits per heavy atom. The molecule has 6 heteroatoms. The normalized spacial score (nSPS) is 15.8. The molecule has 3 nitrogen and oxygen atoms in total. The summed E-state index contributed by atoms with van der Waals surface area (Å²) >= 11 is 0. The largest absolute Gasteiger partial charge is 0.478 e. The fourth-order valence-electron chi connectivity index (χ4n) is 1.82. The van der Waals surface area contributed by atoms with Crippen molar-refractivity contribution in [2.45, 2.75) is 6.18 Å². The van der Waals surface area contributed by atoms with Crippen LogP contribution in [0.4, 0.5) is 18.9 Å². The Morgan fingerprint density at radius 3 is 2.37 bits per heavy atom. The monoisotopic (exact) mass is 269 g/mol. The van der Waals surface area contributed by atoms with Gasteiger partial charge in [0.15, 0.2) is 0 Å². The first-order valence-electron chi connectivity index (χ1n) is 5.44. The SMILES string of the molecule is O=C(O)C1=CN(c2ccccc2)CC=C1C(F)(F)F. The number of para-hydroxylation sites is 1. The molecule has 100 valence electrons. The summed E-state index contributed by atoms with van der Waals surface area (Å²) in [4.78, 5) is 12.4. The van der Waals surface area contributed by atoms with Crippen molar-refractivity contribution in [3.63, 3.8) is 0 Å². The van der Waals surface area contributed by atoms with E-state index < -0.39 is 23.3 Å². The Kier molecular flexibility index (Phi) is 3.33. The molecule has 0 fully saturated rings. The quantitative estimate of drug-likeness (QED) is 0.897. The van der Waals surface area contributed by atoms with E-state index in [0.29, 0.717) is 5.69 Å². The molecule has 0 unspecified atom stereocenters. The molecule has 0 spiro atoms. The second kappa shape index (κ2) is 4.79. The standard InChI is InChI=1S/C13H10F3NO2/c14-13(15,16)11-6-7-17(8-10(11)12(18)19)9-4-2-1-3-5-9/h1-6,8H,7H2,(H,18,19). The molecule has 1 aliphatic heterocycles. The molecule has 0 saturated carbocycles. The van der Waals surface area contributed by atoms with Crippen LogP contribution in [-0.4, -0.2) is 23.8 Å². The van der Waals surface area contributed by atoms with Crippen LogP contribution in [0.3, 0.4) is 0 Å². The van der Waals surface area contributed by atoms with Crippen LogP contribution in [0, 0.1) is 0 Å².